The van der Waals surface area contributed by atoms with Gasteiger partial charge in [0.25, 0.3) is 0 Å². The molecule has 0 fully saturated rings. The van der Waals surface area contributed by atoms with E-state index in [1.807, 2.05) is 6.92 Å². The van der Waals surface area contributed by atoms with Gasteiger partial charge in [-0.3, -0.25) is 0 Å². The van der Waals surface area contributed by atoms with E-state index in [0.29, 0.717) is 10.7 Å². The number of carbonyl (C=O) groups is 2. The highest BCUT2D eigenvalue weighted by molar-refractivity contribution is 6.30. The largest absolute Gasteiger partial charge is 0.442 e. The lowest BCUT2D eigenvalue weighted by atomic mass is 10.1. The van der Waals surface area contributed by atoms with Crippen molar-refractivity contribution in [1.29, 1.82) is 0 Å². The van der Waals surface area contributed by atoms with Crippen LogP contribution in [0.2, 0.25) is 5.02 Å². The number of ether oxygens (including phenoxy) is 1. The molecule has 1 aromatic rings. The summed E-state index contributed by atoms with van der Waals surface area (Å²) in [6.45, 7) is 6.94. The number of hydrazine groups is 1. The summed E-state index contributed by atoms with van der Waals surface area (Å²) in [7, 11) is 0. The van der Waals surface area contributed by atoms with Gasteiger partial charge in [0.2, 0.25) is 0 Å². The van der Waals surface area contributed by atoms with Crippen molar-refractivity contribution in [1.82, 2.24) is 10.0 Å². The van der Waals surface area contributed by atoms with Crippen LogP contribution in [-0.4, -0.2) is 52.0 Å². The summed E-state index contributed by atoms with van der Waals surface area (Å²) in [5, 5.41) is 15.3. The second kappa shape index (κ2) is 7.97. The predicted molar refractivity (Wildman–Crippen MR) is 99.9 cm³/mol. The molecule has 0 saturated heterocycles. The number of aliphatic hydroxyl groups is 1. The monoisotopic (exact) mass is 381 g/mol. The molecule has 8 heteroatoms. The number of amides is 3. The molecule has 0 unspecified atom stereocenters. The molecule has 142 valence electrons. The summed E-state index contributed by atoms with van der Waals surface area (Å²) in [6.07, 6.45) is 1.09. The number of carbonyl (C=O) groups excluding carboxylic acids is 2. The molecule has 0 saturated carbocycles. The van der Waals surface area contributed by atoms with Crippen LogP contribution in [0.15, 0.2) is 35.9 Å². The molecule has 0 aliphatic carbocycles. The van der Waals surface area contributed by atoms with Crippen LogP contribution >= 0.6 is 11.6 Å². The molecule has 2 N–H and O–H groups in total. The SMILES string of the molecule is CC1=C[C@@H](CO)N(C(=O)Nc2ccc(Cl)cc2)N(C(=O)OC(C)(C)C)C1. The minimum Gasteiger partial charge on any atom is -0.442 e. The molecular formula is C18H24ClN3O4. The van der Waals surface area contributed by atoms with Crippen LogP contribution in [-0.2, 0) is 4.74 Å². The normalized spacial score (nSPS) is 17.6. The fraction of sp³-hybridized carbons (Fsp3) is 0.444. The van der Waals surface area contributed by atoms with Gasteiger partial charge in [0.1, 0.15) is 5.60 Å². The summed E-state index contributed by atoms with van der Waals surface area (Å²) < 4.78 is 5.40. The van der Waals surface area contributed by atoms with E-state index in [0.717, 1.165) is 5.57 Å². The van der Waals surface area contributed by atoms with Gasteiger partial charge in [0, 0.05) is 10.7 Å². The average molecular weight is 382 g/mol. The van der Waals surface area contributed by atoms with Crippen LogP contribution in [0, 0.1) is 0 Å². The first-order valence-electron chi connectivity index (χ1n) is 8.25. The van der Waals surface area contributed by atoms with Crippen LogP contribution < -0.4 is 5.32 Å². The van der Waals surface area contributed by atoms with E-state index in [-0.39, 0.29) is 13.2 Å². The van der Waals surface area contributed by atoms with E-state index in [2.05, 4.69) is 5.32 Å². The first kappa shape index (κ1) is 20.1. The number of rotatable bonds is 2. The lowest BCUT2D eigenvalue weighted by Crippen LogP contribution is -2.59. The van der Waals surface area contributed by atoms with E-state index in [9.17, 15) is 14.7 Å². The van der Waals surface area contributed by atoms with Crippen LogP contribution in [0.5, 0.6) is 0 Å². The second-order valence-electron chi connectivity index (χ2n) is 7.08. The smallest absolute Gasteiger partial charge is 0.429 e. The minimum atomic E-state index is -0.709. The third-order valence-corrected chi connectivity index (χ3v) is 3.80. The Hall–Kier alpha value is -2.25. The second-order valence-corrected chi connectivity index (χ2v) is 7.52. The number of anilines is 1. The topological polar surface area (TPSA) is 82.1 Å². The summed E-state index contributed by atoms with van der Waals surface area (Å²) in [4.78, 5) is 25.4. The third-order valence-electron chi connectivity index (χ3n) is 3.55. The molecule has 3 amide bonds. The number of nitrogens with zero attached hydrogens (tertiary/aromatic N) is 2. The number of urea groups is 1. The first-order valence-corrected chi connectivity index (χ1v) is 8.63. The Morgan fingerprint density at radius 2 is 1.92 bits per heavy atom. The van der Waals surface area contributed by atoms with Gasteiger partial charge in [-0.25, -0.2) is 19.6 Å². The zero-order valence-corrected chi connectivity index (χ0v) is 16.1. The highest BCUT2D eigenvalue weighted by Crippen LogP contribution is 2.22. The van der Waals surface area contributed by atoms with Crippen LogP contribution in [0.25, 0.3) is 0 Å². The van der Waals surface area contributed by atoms with Crippen molar-refractivity contribution in [2.24, 2.45) is 0 Å². The number of benzene rings is 1. The number of nitrogens with one attached hydrogen (secondary N) is 1. The number of hydrogen-bond donors (Lipinski definition) is 2. The number of aliphatic hydroxyl groups excluding tert-OH is 1. The van der Waals surface area contributed by atoms with E-state index < -0.39 is 23.8 Å². The average Bonchev–Trinajstić information content (AvgIpc) is 2.54. The van der Waals surface area contributed by atoms with E-state index in [4.69, 9.17) is 16.3 Å². The lowest BCUT2D eigenvalue weighted by Gasteiger charge is -2.42. The molecule has 2 rings (SSSR count). The zero-order valence-electron chi connectivity index (χ0n) is 15.3. The van der Waals surface area contributed by atoms with Gasteiger partial charge in [-0.15, -0.1) is 0 Å². The predicted octanol–water partition coefficient (Wildman–Crippen LogP) is 3.65. The van der Waals surface area contributed by atoms with E-state index in [1.165, 1.54) is 10.0 Å². The van der Waals surface area contributed by atoms with Crippen molar-refractivity contribution in [2.45, 2.75) is 39.3 Å². The van der Waals surface area contributed by atoms with Crippen molar-refractivity contribution in [2.75, 3.05) is 18.5 Å². The van der Waals surface area contributed by atoms with Gasteiger partial charge < -0.3 is 15.2 Å². The molecule has 1 aliphatic heterocycles. The first-order chi connectivity index (χ1) is 12.1. The quantitative estimate of drug-likeness (QED) is 0.766. The molecular weight excluding hydrogens is 358 g/mol. The fourth-order valence-electron chi connectivity index (χ4n) is 2.51. The fourth-order valence-corrected chi connectivity index (χ4v) is 2.64. The molecule has 0 radical (unpaired) electrons. The summed E-state index contributed by atoms with van der Waals surface area (Å²) in [5.74, 6) is 0. The van der Waals surface area contributed by atoms with Crippen LogP contribution in [0.3, 0.4) is 0 Å². The molecule has 1 heterocycles. The Bertz CT molecular complexity index is 697. The molecule has 1 aromatic carbocycles. The van der Waals surface area contributed by atoms with Crippen molar-refractivity contribution in [3.63, 3.8) is 0 Å². The highest BCUT2D eigenvalue weighted by atomic mass is 35.5. The van der Waals surface area contributed by atoms with Crippen molar-refractivity contribution in [3.05, 3.63) is 40.9 Å². The van der Waals surface area contributed by atoms with Gasteiger partial charge >= 0.3 is 12.1 Å². The molecule has 26 heavy (non-hydrogen) atoms. The maximum Gasteiger partial charge on any atom is 0.429 e. The van der Waals surface area contributed by atoms with Gasteiger partial charge in [-0.2, -0.15) is 0 Å². The van der Waals surface area contributed by atoms with Gasteiger partial charge in [-0.05, 0) is 52.0 Å². The molecule has 1 aliphatic rings. The van der Waals surface area contributed by atoms with Crippen molar-refractivity contribution >= 4 is 29.4 Å². The Morgan fingerprint density at radius 1 is 1.31 bits per heavy atom. The van der Waals surface area contributed by atoms with Gasteiger partial charge in [0.15, 0.2) is 0 Å². The van der Waals surface area contributed by atoms with Crippen molar-refractivity contribution < 1.29 is 19.4 Å². The summed E-state index contributed by atoms with van der Waals surface area (Å²) >= 11 is 5.85. The Balaban J connectivity index is 2.27. The van der Waals surface area contributed by atoms with Gasteiger partial charge in [0.05, 0.1) is 19.2 Å². The lowest BCUT2D eigenvalue weighted by molar-refractivity contribution is -0.0449. The minimum absolute atomic E-state index is 0.194. The maximum absolute atomic E-state index is 12.8. The van der Waals surface area contributed by atoms with E-state index in [1.54, 1.807) is 51.1 Å². The molecule has 0 aromatic heterocycles. The summed E-state index contributed by atoms with van der Waals surface area (Å²) in [6, 6.07) is 5.36. The van der Waals surface area contributed by atoms with Gasteiger partial charge in [-0.1, -0.05) is 23.3 Å². The number of hydrogen-bond acceptors (Lipinski definition) is 4. The van der Waals surface area contributed by atoms with Crippen LogP contribution in [0.4, 0.5) is 15.3 Å². The molecule has 1 atom stereocenters. The third kappa shape index (κ3) is 5.12. The Kier molecular flexibility index (Phi) is 6.15. The molecule has 0 spiro atoms. The zero-order chi connectivity index (χ0) is 19.5. The number of halogens is 1. The van der Waals surface area contributed by atoms with Crippen molar-refractivity contribution in [3.8, 4) is 0 Å². The molecule has 0 bridgehead atoms. The highest BCUT2D eigenvalue weighted by Gasteiger charge is 2.37. The van der Waals surface area contributed by atoms with Crippen LogP contribution in [0.1, 0.15) is 27.7 Å². The molecule has 7 nitrogen and oxygen atoms in total. The Morgan fingerprint density at radius 3 is 2.46 bits per heavy atom. The standard InChI is InChI=1S/C18H24ClN3O4/c1-12-9-15(11-23)22(21(10-12)17(25)26-18(2,3)4)16(24)20-14-7-5-13(19)6-8-14/h5-9,15,23H,10-11H2,1-4H3,(H,20,24)/t15-/m0/s1. The maximum atomic E-state index is 12.8. The Labute approximate surface area is 158 Å². The van der Waals surface area contributed by atoms with E-state index >= 15 is 0 Å². The summed E-state index contributed by atoms with van der Waals surface area (Å²) in [5.41, 5.74) is 0.663.